The van der Waals surface area contributed by atoms with Crippen molar-refractivity contribution >= 4 is 11.8 Å². The van der Waals surface area contributed by atoms with Crippen LogP contribution in [0.1, 0.15) is 38.3 Å². The first-order valence-electron chi connectivity index (χ1n) is 9.77. The Kier molecular flexibility index (Phi) is 4.73. The number of aromatic nitrogens is 2. The molecule has 0 radical (unpaired) electrons. The summed E-state index contributed by atoms with van der Waals surface area (Å²) < 4.78 is 1.85. The van der Waals surface area contributed by atoms with E-state index in [2.05, 4.69) is 26.3 Å². The number of hydrogen-bond donors (Lipinski definition) is 1. The first kappa shape index (κ1) is 17.5. The van der Waals surface area contributed by atoms with Gasteiger partial charge in [0.2, 0.25) is 11.8 Å². The van der Waals surface area contributed by atoms with Crippen molar-refractivity contribution in [1.29, 1.82) is 0 Å². The molecule has 4 atom stereocenters. The van der Waals surface area contributed by atoms with Gasteiger partial charge in [-0.3, -0.25) is 19.2 Å². The summed E-state index contributed by atoms with van der Waals surface area (Å²) in [5.74, 6) is 1.22. The van der Waals surface area contributed by atoms with Crippen LogP contribution in [0.25, 0.3) is 0 Å². The van der Waals surface area contributed by atoms with E-state index >= 15 is 0 Å². The molecule has 0 spiro atoms. The van der Waals surface area contributed by atoms with Crippen molar-refractivity contribution in [3.63, 3.8) is 0 Å². The number of likely N-dealkylation sites (tertiary alicyclic amines) is 1. The van der Waals surface area contributed by atoms with Crippen LogP contribution in [0.3, 0.4) is 0 Å². The van der Waals surface area contributed by atoms with Crippen LogP contribution in [-0.2, 0) is 23.2 Å². The molecular formula is C19H29N5O2. The van der Waals surface area contributed by atoms with E-state index in [1.54, 1.807) is 6.92 Å². The summed E-state index contributed by atoms with van der Waals surface area (Å²) in [6, 6.07) is 2.53. The number of rotatable bonds is 4. The quantitative estimate of drug-likeness (QED) is 0.862. The number of nitrogens with zero attached hydrogens (tertiary/aromatic N) is 4. The molecule has 0 unspecified atom stereocenters. The molecular weight excluding hydrogens is 330 g/mol. The third-order valence-corrected chi connectivity index (χ3v) is 6.29. The highest BCUT2D eigenvalue weighted by Gasteiger charge is 2.49. The van der Waals surface area contributed by atoms with Crippen LogP contribution >= 0.6 is 0 Å². The van der Waals surface area contributed by atoms with E-state index in [0.29, 0.717) is 30.8 Å². The molecule has 142 valence electrons. The molecule has 26 heavy (non-hydrogen) atoms. The fourth-order valence-corrected chi connectivity index (χ4v) is 5.29. The highest BCUT2D eigenvalue weighted by molar-refractivity contribution is 5.78. The molecule has 1 N–H and O–H groups in total. The molecule has 4 heterocycles. The fraction of sp³-hybridized carbons (Fsp3) is 0.737. The van der Waals surface area contributed by atoms with Crippen molar-refractivity contribution in [2.45, 2.75) is 51.2 Å². The Morgan fingerprint density at radius 1 is 1.35 bits per heavy atom. The second kappa shape index (κ2) is 7.02. The molecule has 0 aliphatic carbocycles. The maximum Gasteiger partial charge on any atom is 0.223 e. The smallest absolute Gasteiger partial charge is 0.223 e. The van der Waals surface area contributed by atoms with Gasteiger partial charge in [-0.15, -0.1) is 0 Å². The third kappa shape index (κ3) is 3.37. The molecule has 4 rings (SSSR count). The Hall–Kier alpha value is -1.89. The van der Waals surface area contributed by atoms with Crippen molar-refractivity contribution in [2.75, 3.05) is 19.6 Å². The lowest BCUT2D eigenvalue weighted by Crippen LogP contribution is -2.66. The minimum absolute atomic E-state index is 0.0192. The molecule has 1 aromatic rings. The molecule has 3 aliphatic rings. The second-order valence-corrected chi connectivity index (χ2v) is 8.20. The van der Waals surface area contributed by atoms with E-state index in [1.807, 2.05) is 17.9 Å². The number of nitrogens with one attached hydrogen (secondary N) is 1. The minimum Gasteiger partial charge on any atom is -0.354 e. The van der Waals surface area contributed by atoms with Gasteiger partial charge in [0.15, 0.2) is 0 Å². The van der Waals surface area contributed by atoms with Crippen LogP contribution in [0.2, 0.25) is 0 Å². The van der Waals surface area contributed by atoms with E-state index in [9.17, 15) is 9.59 Å². The molecule has 0 aromatic carbocycles. The zero-order chi connectivity index (χ0) is 18.3. The molecule has 2 amide bonds. The Balaban J connectivity index is 1.53. The van der Waals surface area contributed by atoms with Crippen molar-refractivity contribution in [1.82, 2.24) is 24.9 Å². The predicted molar refractivity (Wildman–Crippen MR) is 97.0 cm³/mol. The first-order valence-corrected chi connectivity index (χ1v) is 9.77. The van der Waals surface area contributed by atoms with Crippen molar-refractivity contribution < 1.29 is 9.59 Å². The topological polar surface area (TPSA) is 70.5 Å². The monoisotopic (exact) mass is 359 g/mol. The zero-order valence-electron chi connectivity index (χ0n) is 15.7. The molecule has 0 saturated carbocycles. The SMILES string of the molecule is CC(=O)NC[C@H]1[C@H]2C[C@H](CN(Cc3ccn(C)n3)C2)[C@@H]2CCCC(=O)N21. The number of fused-ring (bicyclic) bond motifs is 4. The van der Waals surface area contributed by atoms with E-state index in [0.717, 1.165) is 44.6 Å². The van der Waals surface area contributed by atoms with Gasteiger partial charge in [0.1, 0.15) is 0 Å². The molecule has 3 saturated heterocycles. The van der Waals surface area contributed by atoms with E-state index < -0.39 is 0 Å². The standard InChI is InChI=1S/C19H29N5O2/c1-13(25)20-9-18-15-8-14(17-4-3-5-19(26)24(17)18)10-23(11-15)12-16-6-7-22(2)21-16/h6-7,14-15,17-18H,3-5,8-12H2,1-2H3,(H,20,25)/t14-,15+,17+,18+/m1/s1. The summed E-state index contributed by atoms with van der Waals surface area (Å²) in [6.45, 7) is 4.99. The zero-order valence-corrected chi connectivity index (χ0v) is 15.7. The molecule has 2 bridgehead atoms. The molecule has 3 aliphatic heterocycles. The lowest BCUT2D eigenvalue weighted by atomic mass is 9.72. The molecule has 7 heteroatoms. The Morgan fingerprint density at radius 3 is 2.88 bits per heavy atom. The number of aryl methyl sites for hydroxylation is 1. The van der Waals surface area contributed by atoms with Gasteiger partial charge in [0.25, 0.3) is 0 Å². The van der Waals surface area contributed by atoms with Gasteiger partial charge in [0.05, 0.1) is 11.7 Å². The number of carbonyl (C=O) groups excluding carboxylic acids is 2. The van der Waals surface area contributed by atoms with Crippen LogP contribution in [0.4, 0.5) is 0 Å². The van der Waals surface area contributed by atoms with Crippen LogP contribution in [0.5, 0.6) is 0 Å². The van der Waals surface area contributed by atoms with Gasteiger partial charge < -0.3 is 10.2 Å². The third-order valence-electron chi connectivity index (χ3n) is 6.29. The van der Waals surface area contributed by atoms with Crippen molar-refractivity contribution in [3.8, 4) is 0 Å². The van der Waals surface area contributed by atoms with Crippen LogP contribution < -0.4 is 5.32 Å². The highest BCUT2D eigenvalue weighted by Crippen LogP contribution is 2.41. The summed E-state index contributed by atoms with van der Waals surface area (Å²) >= 11 is 0. The van der Waals surface area contributed by atoms with Gasteiger partial charge in [-0.25, -0.2) is 0 Å². The van der Waals surface area contributed by atoms with Gasteiger partial charge in [-0.2, -0.15) is 5.10 Å². The lowest BCUT2D eigenvalue weighted by Gasteiger charge is -2.56. The number of piperidine rings is 3. The first-order chi connectivity index (χ1) is 12.5. The maximum absolute atomic E-state index is 12.7. The van der Waals surface area contributed by atoms with Gasteiger partial charge >= 0.3 is 0 Å². The maximum atomic E-state index is 12.7. The Bertz CT molecular complexity index is 687. The number of amides is 2. The average molecular weight is 359 g/mol. The van der Waals surface area contributed by atoms with Gasteiger partial charge in [-0.1, -0.05) is 0 Å². The summed E-state index contributed by atoms with van der Waals surface area (Å²) in [7, 11) is 1.95. The van der Waals surface area contributed by atoms with E-state index in [-0.39, 0.29) is 17.9 Å². The number of carbonyl (C=O) groups is 2. The van der Waals surface area contributed by atoms with Gasteiger partial charge in [0, 0.05) is 58.8 Å². The predicted octanol–water partition coefficient (Wildman–Crippen LogP) is 0.758. The minimum atomic E-state index is -0.0192. The average Bonchev–Trinajstić information content (AvgIpc) is 3.00. The summed E-state index contributed by atoms with van der Waals surface area (Å²) in [6.07, 6.45) is 5.90. The summed E-state index contributed by atoms with van der Waals surface area (Å²) in [5.41, 5.74) is 1.10. The summed E-state index contributed by atoms with van der Waals surface area (Å²) in [5, 5.41) is 7.50. The second-order valence-electron chi connectivity index (χ2n) is 8.20. The van der Waals surface area contributed by atoms with Crippen molar-refractivity contribution in [3.05, 3.63) is 18.0 Å². The van der Waals surface area contributed by atoms with Gasteiger partial charge in [-0.05, 0) is 37.2 Å². The fourth-order valence-electron chi connectivity index (χ4n) is 5.29. The highest BCUT2D eigenvalue weighted by atomic mass is 16.2. The van der Waals surface area contributed by atoms with Crippen LogP contribution in [-0.4, -0.2) is 63.1 Å². The Morgan fingerprint density at radius 2 is 2.15 bits per heavy atom. The Labute approximate surface area is 154 Å². The van der Waals surface area contributed by atoms with Crippen LogP contribution in [0.15, 0.2) is 12.3 Å². The summed E-state index contributed by atoms with van der Waals surface area (Å²) in [4.78, 5) is 28.8. The lowest BCUT2D eigenvalue weighted by molar-refractivity contribution is -0.153. The molecule has 7 nitrogen and oxygen atoms in total. The normalized spacial score (nSPS) is 31.6. The van der Waals surface area contributed by atoms with Crippen molar-refractivity contribution in [2.24, 2.45) is 18.9 Å². The van der Waals surface area contributed by atoms with E-state index in [1.165, 1.54) is 0 Å². The van der Waals surface area contributed by atoms with E-state index in [4.69, 9.17) is 0 Å². The molecule has 1 aromatic heterocycles. The number of hydrogen-bond acceptors (Lipinski definition) is 4. The largest absolute Gasteiger partial charge is 0.354 e. The molecule has 3 fully saturated rings. The van der Waals surface area contributed by atoms with Crippen LogP contribution in [0, 0.1) is 11.8 Å².